The summed E-state index contributed by atoms with van der Waals surface area (Å²) in [5.41, 5.74) is 3.77. The molecule has 1 aliphatic rings. The Morgan fingerprint density at radius 2 is 2.12 bits per heavy atom. The number of H-pyrrole nitrogens is 1. The molecule has 0 aliphatic carbocycles. The van der Waals surface area contributed by atoms with E-state index in [-0.39, 0.29) is 18.3 Å². The number of nitrogens with zero attached hydrogens (tertiary/aromatic N) is 2. The molecule has 1 aromatic carbocycles. The number of aromatic nitrogens is 2. The first-order valence-electron chi connectivity index (χ1n) is 8.35. The molecule has 0 saturated carbocycles. The Bertz CT molecular complexity index is 732. The summed E-state index contributed by atoms with van der Waals surface area (Å²) in [6.07, 6.45) is 0.893. The molecule has 1 amide bonds. The summed E-state index contributed by atoms with van der Waals surface area (Å²) in [6.45, 7) is 7.17. The fourth-order valence-corrected chi connectivity index (χ4v) is 3.45. The van der Waals surface area contributed by atoms with E-state index >= 15 is 0 Å². The molecule has 0 bridgehead atoms. The maximum absolute atomic E-state index is 13.1. The van der Waals surface area contributed by atoms with Gasteiger partial charge >= 0.3 is 0 Å². The molecule has 1 aliphatic heterocycles. The fraction of sp³-hybridized carbons (Fsp3) is 0.444. The standard InChI is InChI=1S/C18H23BrN4O.ClH/c1-12(2)10-23(11-13-5-3-4-6-15(13)19)18(24)17-14-9-20-8-7-16(14)21-22-17;/h3-6,12,20H,7-11H2,1-2H3,(H,21,22);1H. The van der Waals surface area contributed by atoms with Crippen LogP contribution in [0.5, 0.6) is 0 Å². The Labute approximate surface area is 163 Å². The van der Waals surface area contributed by atoms with Crippen molar-refractivity contribution in [2.45, 2.75) is 33.4 Å². The zero-order valence-electron chi connectivity index (χ0n) is 14.5. The van der Waals surface area contributed by atoms with Gasteiger partial charge in [0.05, 0.1) is 0 Å². The molecule has 0 spiro atoms. The van der Waals surface area contributed by atoms with Crippen LogP contribution in [0.25, 0.3) is 0 Å². The number of hydrogen-bond donors (Lipinski definition) is 2. The summed E-state index contributed by atoms with van der Waals surface area (Å²) < 4.78 is 1.03. The maximum atomic E-state index is 13.1. The Balaban J connectivity index is 0.00000225. The van der Waals surface area contributed by atoms with Crippen molar-refractivity contribution in [2.75, 3.05) is 13.1 Å². The largest absolute Gasteiger partial charge is 0.333 e. The van der Waals surface area contributed by atoms with Gasteiger partial charge in [0.1, 0.15) is 0 Å². The second kappa shape index (κ2) is 8.83. The van der Waals surface area contributed by atoms with E-state index in [0.717, 1.165) is 34.3 Å². The zero-order chi connectivity index (χ0) is 17.1. The number of benzene rings is 1. The second-order valence-electron chi connectivity index (χ2n) is 6.63. The highest BCUT2D eigenvalue weighted by molar-refractivity contribution is 9.10. The van der Waals surface area contributed by atoms with Crippen molar-refractivity contribution < 1.29 is 4.79 Å². The van der Waals surface area contributed by atoms with Gasteiger partial charge in [0.2, 0.25) is 0 Å². The summed E-state index contributed by atoms with van der Waals surface area (Å²) in [5, 5.41) is 10.7. The molecule has 2 N–H and O–H groups in total. The van der Waals surface area contributed by atoms with Gasteiger partial charge in [-0.1, -0.05) is 48.0 Å². The minimum absolute atomic E-state index is 0. The number of carbonyl (C=O) groups excluding carboxylic acids is 1. The Morgan fingerprint density at radius 1 is 1.36 bits per heavy atom. The zero-order valence-corrected chi connectivity index (χ0v) is 16.9. The molecule has 0 fully saturated rings. The number of halogens is 2. The topological polar surface area (TPSA) is 61.0 Å². The van der Waals surface area contributed by atoms with Gasteiger partial charge in [-0.15, -0.1) is 12.4 Å². The average molecular weight is 428 g/mol. The van der Waals surface area contributed by atoms with Crippen LogP contribution in [0.3, 0.4) is 0 Å². The predicted molar refractivity (Wildman–Crippen MR) is 105 cm³/mol. The van der Waals surface area contributed by atoms with E-state index in [4.69, 9.17) is 0 Å². The van der Waals surface area contributed by atoms with Crippen LogP contribution in [0.4, 0.5) is 0 Å². The first-order valence-corrected chi connectivity index (χ1v) is 9.15. The molecule has 0 unspecified atom stereocenters. The highest BCUT2D eigenvalue weighted by Crippen LogP contribution is 2.22. The summed E-state index contributed by atoms with van der Waals surface area (Å²) in [7, 11) is 0. The molecular weight excluding hydrogens is 404 g/mol. The van der Waals surface area contributed by atoms with Gasteiger partial charge in [0.15, 0.2) is 5.69 Å². The van der Waals surface area contributed by atoms with Crippen LogP contribution in [-0.4, -0.2) is 34.1 Å². The highest BCUT2D eigenvalue weighted by atomic mass is 79.9. The van der Waals surface area contributed by atoms with Crippen molar-refractivity contribution in [1.82, 2.24) is 20.4 Å². The molecule has 2 aromatic rings. The molecule has 5 nitrogen and oxygen atoms in total. The van der Waals surface area contributed by atoms with Gasteiger partial charge in [-0.3, -0.25) is 9.89 Å². The Morgan fingerprint density at radius 3 is 2.84 bits per heavy atom. The van der Waals surface area contributed by atoms with Crippen LogP contribution in [0, 0.1) is 5.92 Å². The molecule has 0 radical (unpaired) electrons. The first-order chi connectivity index (χ1) is 11.6. The molecule has 136 valence electrons. The SMILES string of the molecule is CC(C)CN(Cc1ccccc1Br)C(=O)c1n[nH]c2c1CNCC2.Cl. The third kappa shape index (κ3) is 4.63. The molecule has 1 aromatic heterocycles. The van der Waals surface area contributed by atoms with E-state index in [1.54, 1.807) is 0 Å². The molecule has 2 heterocycles. The van der Waals surface area contributed by atoms with Crippen LogP contribution >= 0.6 is 28.3 Å². The number of amides is 1. The smallest absolute Gasteiger partial charge is 0.275 e. The van der Waals surface area contributed by atoms with E-state index in [1.807, 2.05) is 29.2 Å². The van der Waals surface area contributed by atoms with Crippen molar-refractivity contribution >= 4 is 34.2 Å². The maximum Gasteiger partial charge on any atom is 0.275 e. The van der Waals surface area contributed by atoms with Crippen LogP contribution in [0.2, 0.25) is 0 Å². The summed E-state index contributed by atoms with van der Waals surface area (Å²) >= 11 is 3.58. The van der Waals surface area contributed by atoms with E-state index in [9.17, 15) is 4.79 Å². The number of fused-ring (bicyclic) bond motifs is 1. The Kier molecular flexibility index (Phi) is 7.04. The molecule has 0 atom stereocenters. The first kappa shape index (κ1) is 19.9. The number of hydrogen-bond acceptors (Lipinski definition) is 3. The van der Waals surface area contributed by atoms with Crippen LogP contribution < -0.4 is 5.32 Å². The lowest BCUT2D eigenvalue weighted by Gasteiger charge is -2.25. The number of nitrogens with one attached hydrogen (secondary N) is 2. The van der Waals surface area contributed by atoms with Crippen molar-refractivity contribution in [3.8, 4) is 0 Å². The molecule has 0 saturated heterocycles. The van der Waals surface area contributed by atoms with Crippen molar-refractivity contribution in [3.05, 3.63) is 51.3 Å². The van der Waals surface area contributed by atoms with Crippen molar-refractivity contribution in [3.63, 3.8) is 0 Å². The third-order valence-corrected chi connectivity index (χ3v) is 4.97. The van der Waals surface area contributed by atoms with Crippen molar-refractivity contribution in [1.29, 1.82) is 0 Å². The van der Waals surface area contributed by atoms with E-state index in [1.165, 1.54) is 0 Å². The molecule has 3 rings (SSSR count). The summed E-state index contributed by atoms with van der Waals surface area (Å²) in [6, 6.07) is 8.04. The van der Waals surface area contributed by atoms with Gasteiger partial charge < -0.3 is 10.2 Å². The quantitative estimate of drug-likeness (QED) is 0.767. The number of rotatable bonds is 5. The Hall–Kier alpha value is -1.37. The lowest BCUT2D eigenvalue weighted by molar-refractivity contribution is 0.0715. The van der Waals surface area contributed by atoms with Gasteiger partial charge in [-0.05, 0) is 17.5 Å². The molecule has 25 heavy (non-hydrogen) atoms. The summed E-state index contributed by atoms with van der Waals surface area (Å²) in [4.78, 5) is 15.0. The molecular formula is C18H24BrClN4O. The lowest BCUT2D eigenvalue weighted by Crippen LogP contribution is -2.35. The third-order valence-electron chi connectivity index (χ3n) is 4.20. The highest BCUT2D eigenvalue weighted by Gasteiger charge is 2.26. The van der Waals surface area contributed by atoms with Crippen LogP contribution in [-0.2, 0) is 19.5 Å². The molecule has 7 heteroatoms. The fourth-order valence-electron chi connectivity index (χ4n) is 3.04. The van der Waals surface area contributed by atoms with E-state index in [0.29, 0.717) is 31.2 Å². The number of carbonyl (C=O) groups is 1. The van der Waals surface area contributed by atoms with Crippen molar-refractivity contribution in [2.24, 2.45) is 5.92 Å². The van der Waals surface area contributed by atoms with Gasteiger partial charge in [-0.25, -0.2) is 0 Å². The average Bonchev–Trinajstić information content (AvgIpc) is 2.99. The van der Waals surface area contributed by atoms with Gasteiger partial charge in [0.25, 0.3) is 5.91 Å². The minimum Gasteiger partial charge on any atom is -0.333 e. The van der Waals surface area contributed by atoms with Crippen LogP contribution in [0.1, 0.15) is 41.2 Å². The van der Waals surface area contributed by atoms with E-state index in [2.05, 4.69) is 45.3 Å². The number of aromatic amines is 1. The van der Waals surface area contributed by atoms with Gasteiger partial charge in [0, 0.05) is 48.3 Å². The van der Waals surface area contributed by atoms with E-state index < -0.39 is 0 Å². The van der Waals surface area contributed by atoms with Gasteiger partial charge in [-0.2, -0.15) is 5.10 Å². The second-order valence-corrected chi connectivity index (χ2v) is 7.48. The predicted octanol–water partition coefficient (Wildman–Crippen LogP) is 3.54. The monoisotopic (exact) mass is 426 g/mol. The van der Waals surface area contributed by atoms with Crippen LogP contribution in [0.15, 0.2) is 28.7 Å². The normalized spacial score (nSPS) is 13.3. The minimum atomic E-state index is 0. The lowest BCUT2D eigenvalue weighted by atomic mass is 10.1. The summed E-state index contributed by atoms with van der Waals surface area (Å²) in [5.74, 6) is 0.394.